The Morgan fingerprint density at radius 3 is 1.96 bits per heavy atom. The molecule has 6 N–H and O–H groups in total. The Bertz CT molecular complexity index is 1610. The summed E-state index contributed by atoms with van der Waals surface area (Å²) in [6.07, 6.45) is 0.391. The van der Waals surface area contributed by atoms with Crippen molar-refractivity contribution >= 4 is 24.1 Å². The van der Waals surface area contributed by atoms with Gasteiger partial charge in [-0.05, 0) is 62.3 Å². The molecule has 2 aromatic carbocycles. The first-order valence-electron chi connectivity index (χ1n) is 17.2. The number of benzene rings is 2. The number of aliphatic hydroxyl groups excluding tert-OH is 2. The van der Waals surface area contributed by atoms with Gasteiger partial charge in [0.25, 0.3) is 0 Å². The van der Waals surface area contributed by atoms with Gasteiger partial charge >= 0.3 is 11.9 Å². The Morgan fingerprint density at radius 2 is 1.37 bits per heavy atom. The van der Waals surface area contributed by atoms with Crippen LogP contribution in [0.5, 0.6) is 0 Å². The molecule has 4 saturated carbocycles. The van der Waals surface area contributed by atoms with Gasteiger partial charge in [0.1, 0.15) is 29.0 Å². The van der Waals surface area contributed by atoms with E-state index in [1.165, 1.54) is 26.0 Å². The average molecular weight is 677 g/mol. The molecular weight excluding hydrogens is 628 g/mol. The minimum atomic E-state index is -2.17. The lowest BCUT2D eigenvalue weighted by Gasteiger charge is -2.71. The van der Waals surface area contributed by atoms with E-state index in [4.69, 9.17) is 9.47 Å². The summed E-state index contributed by atoms with van der Waals surface area (Å²) >= 11 is 0. The number of esters is 2. The summed E-state index contributed by atoms with van der Waals surface area (Å²) in [4.78, 5) is 26.5. The number of ether oxygens (including phenoxy) is 2. The van der Waals surface area contributed by atoms with Gasteiger partial charge in [-0.15, -0.1) is 0 Å². The first kappa shape index (κ1) is 35.4. The third-order valence-electron chi connectivity index (χ3n) is 13.0. The number of carbonyl (C=O) groups excluding carboxylic acids is 2. The van der Waals surface area contributed by atoms with Gasteiger partial charge in [0.15, 0.2) is 0 Å². The zero-order valence-corrected chi connectivity index (χ0v) is 28.2. The molecule has 2 aromatic rings. The summed E-state index contributed by atoms with van der Waals surface area (Å²) in [5, 5.41) is 72.4. The summed E-state index contributed by atoms with van der Waals surface area (Å²) in [5.41, 5.74) is -9.54. The molecule has 0 amide bonds. The molecule has 0 aliphatic heterocycles. The predicted molar refractivity (Wildman–Crippen MR) is 180 cm³/mol. The zero-order valence-electron chi connectivity index (χ0n) is 28.2. The second-order valence-electron chi connectivity index (χ2n) is 15.2. The van der Waals surface area contributed by atoms with Crippen molar-refractivity contribution in [3.05, 3.63) is 83.9 Å². The van der Waals surface area contributed by atoms with E-state index in [2.05, 4.69) is 0 Å². The fourth-order valence-electron chi connectivity index (χ4n) is 10.1. The Kier molecular flexibility index (Phi) is 9.00. The normalized spacial score (nSPS) is 42.2. The molecule has 4 fully saturated rings. The summed E-state index contributed by atoms with van der Waals surface area (Å²) in [7, 11) is 0. The van der Waals surface area contributed by atoms with Crippen molar-refractivity contribution in [1.29, 1.82) is 0 Å². The summed E-state index contributed by atoms with van der Waals surface area (Å²) < 4.78 is 11.9. The molecule has 4 aliphatic carbocycles. The second kappa shape index (κ2) is 12.4. The van der Waals surface area contributed by atoms with Crippen LogP contribution < -0.4 is 0 Å². The number of fused-ring (bicyclic) bond motifs is 5. The molecule has 10 nitrogen and oxygen atoms in total. The Labute approximate surface area is 286 Å². The van der Waals surface area contributed by atoms with Crippen molar-refractivity contribution in [3.8, 4) is 0 Å². The molecule has 0 radical (unpaired) electrons. The molecule has 0 aromatic heterocycles. The van der Waals surface area contributed by atoms with E-state index in [0.717, 1.165) is 11.1 Å². The molecule has 0 spiro atoms. The highest BCUT2D eigenvalue weighted by atomic mass is 16.6. The summed E-state index contributed by atoms with van der Waals surface area (Å²) in [6.45, 7) is 4.78. The SMILES string of the molecule is C[C@H](OC(=O)C=Cc1ccccc1)[C@]1(O)CC[C@@]2(O)[C@]1(C)[C@H](OC(=O)C=Cc1ccccc1)C[C@@H]1[C@@]3(C)CC[C@H](O)C[C@]3(O)[C@H](O)C[C@]12O. The molecule has 0 saturated heterocycles. The van der Waals surface area contributed by atoms with E-state index in [0.29, 0.717) is 6.42 Å². The van der Waals surface area contributed by atoms with E-state index in [1.807, 2.05) is 60.7 Å². The quantitative estimate of drug-likeness (QED) is 0.189. The van der Waals surface area contributed by atoms with Crippen molar-refractivity contribution in [1.82, 2.24) is 0 Å². The lowest BCUT2D eigenvalue weighted by Crippen LogP contribution is -2.83. The molecule has 4 aliphatic rings. The van der Waals surface area contributed by atoms with Crippen LogP contribution in [-0.2, 0) is 19.1 Å². The van der Waals surface area contributed by atoms with Crippen molar-refractivity contribution in [2.75, 3.05) is 0 Å². The van der Waals surface area contributed by atoms with Gasteiger partial charge in [-0.1, -0.05) is 74.5 Å². The fourth-order valence-corrected chi connectivity index (χ4v) is 10.1. The highest BCUT2D eigenvalue weighted by Gasteiger charge is 2.84. The highest BCUT2D eigenvalue weighted by molar-refractivity contribution is 5.88. The van der Waals surface area contributed by atoms with Crippen molar-refractivity contribution < 1.29 is 49.7 Å². The summed E-state index contributed by atoms with van der Waals surface area (Å²) in [5.74, 6) is -2.39. The van der Waals surface area contributed by atoms with E-state index < -0.39 is 81.9 Å². The number of rotatable bonds is 7. The van der Waals surface area contributed by atoms with Gasteiger partial charge in [0.2, 0.25) is 0 Å². The van der Waals surface area contributed by atoms with Gasteiger partial charge in [-0.25, -0.2) is 9.59 Å². The van der Waals surface area contributed by atoms with E-state index >= 15 is 0 Å². The largest absolute Gasteiger partial charge is 0.458 e. The van der Waals surface area contributed by atoms with Gasteiger partial charge in [-0.3, -0.25) is 0 Å². The highest BCUT2D eigenvalue weighted by Crippen LogP contribution is 2.73. The smallest absolute Gasteiger partial charge is 0.331 e. The standard InChI is InChI=1S/C39H48O10/c1-25(48-32(42)16-14-26-10-6-4-7-11-26)36(44)20-21-39(47)35(36,3)31(49-33(43)17-15-27-12-8-5-9-13-27)22-29-34(2)19-18-28(40)23-38(34,46)30(41)24-37(29,39)45/h4-17,25,28-31,40-41,44-47H,18-24H2,1-3H3/t25-,28-,29+,30+,31+,34+,35+,36+,37-,38-,39+/m0/s1. The van der Waals surface area contributed by atoms with Crippen LogP contribution in [0.3, 0.4) is 0 Å². The van der Waals surface area contributed by atoms with Gasteiger partial charge in [-0.2, -0.15) is 0 Å². The van der Waals surface area contributed by atoms with Crippen LogP contribution >= 0.6 is 0 Å². The lowest BCUT2D eigenvalue weighted by atomic mass is 9.38. The number of hydrogen-bond donors (Lipinski definition) is 6. The molecule has 10 heteroatoms. The molecule has 264 valence electrons. The molecule has 0 bridgehead atoms. The minimum absolute atomic E-state index is 0.0846. The Morgan fingerprint density at radius 1 is 0.796 bits per heavy atom. The third-order valence-corrected chi connectivity index (χ3v) is 13.0. The average Bonchev–Trinajstić information content (AvgIpc) is 3.30. The van der Waals surface area contributed by atoms with Gasteiger partial charge in [0.05, 0.1) is 23.2 Å². The lowest BCUT2D eigenvalue weighted by molar-refractivity contribution is -0.372. The third kappa shape index (κ3) is 5.30. The van der Waals surface area contributed by atoms with E-state index in [9.17, 15) is 40.2 Å². The van der Waals surface area contributed by atoms with Gasteiger partial charge in [0, 0.05) is 36.3 Å². The second-order valence-corrected chi connectivity index (χ2v) is 15.2. The number of carbonyl (C=O) groups is 2. The maximum absolute atomic E-state index is 13.5. The van der Waals surface area contributed by atoms with Crippen LogP contribution in [0.4, 0.5) is 0 Å². The predicted octanol–water partition coefficient (Wildman–Crippen LogP) is 3.32. The van der Waals surface area contributed by atoms with Crippen LogP contribution in [0.15, 0.2) is 72.8 Å². The molecule has 0 heterocycles. The fraction of sp³-hybridized carbons (Fsp3) is 0.538. The Hall–Kier alpha value is -3.38. The molecule has 49 heavy (non-hydrogen) atoms. The van der Waals surface area contributed by atoms with E-state index in [1.54, 1.807) is 19.1 Å². The first-order chi connectivity index (χ1) is 23.0. The minimum Gasteiger partial charge on any atom is -0.458 e. The van der Waals surface area contributed by atoms with Crippen LogP contribution in [0, 0.1) is 16.7 Å². The molecule has 6 rings (SSSR count). The van der Waals surface area contributed by atoms with Crippen LogP contribution in [0.25, 0.3) is 12.2 Å². The Balaban J connectivity index is 1.39. The van der Waals surface area contributed by atoms with Crippen LogP contribution in [0.2, 0.25) is 0 Å². The first-order valence-corrected chi connectivity index (χ1v) is 17.2. The van der Waals surface area contributed by atoms with Gasteiger partial charge < -0.3 is 40.1 Å². The number of hydrogen-bond acceptors (Lipinski definition) is 10. The molecular formula is C39H48O10. The molecule has 0 unspecified atom stereocenters. The van der Waals surface area contributed by atoms with Crippen molar-refractivity contribution in [3.63, 3.8) is 0 Å². The summed E-state index contributed by atoms with van der Waals surface area (Å²) in [6, 6.07) is 18.3. The maximum Gasteiger partial charge on any atom is 0.331 e. The topological polar surface area (TPSA) is 174 Å². The van der Waals surface area contributed by atoms with Crippen LogP contribution in [-0.4, -0.2) is 89.4 Å². The van der Waals surface area contributed by atoms with Crippen LogP contribution in [0.1, 0.15) is 76.8 Å². The monoisotopic (exact) mass is 676 g/mol. The number of aliphatic hydroxyl groups is 6. The van der Waals surface area contributed by atoms with E-state index in [-0.39, 0.29) is 32.1 Å². The zero-order chi connectivity index (χ0) is 35.5. The maximum atomic E-state index is 13.5. The van der Waals surface area contributed by atoms with Crippen molar-refractivity contribution in [2.45, 2.75) is 113 Å². The van der Waals surface area contributed by atoms with Crippen molar-refractivity contribution in [2.24, 2.45) is 16.7 Å². The molecule has 11 atom stereocenters.